The van der Waals surface area contributed by atoms with E-state index in [2.05, 4.69) is 5.32 Å². The smallest absolute Gasteiger partial charge is 0.231 e. The minimum Gasteiger partial charge on any atom is -0.466 e. The van der Waals surface area contributed by atoms with E-state index in [0.29, 0.717) is 16.3 Å². The van der Waals surface area contributed by atoms with Gasteiger partial charge in [-0.25, -0.2) is 0 Å². The first-order valence-electron chi connectivity index (χ1n) is 6.36. The Hall–Kier alpha value is -1.78. The molecule has 1 amide bonds. The van der Waals surface area contributed by atoms with E-state index in [9.17, 15) is 9.90 Å². The van der Waals surface area contributed by atoms with Crippen LogP contribution in [0.1, 0.15) is 41.4 Å². The average molecular weight is 292 g/mol. The van der Waals surface area contributed by atoms with Crippen molar-refractivity contribution >= 4 is 23.2 Å². The summed E-state index contributed by atoms with van der Waals surface area (Å²) in [4.78, 5) is 11.8. The SMILES string of the molecule is Cc1c(Cl)c(C(O)c2ccco2)cc2c1NC(=O)C2C. The molecule has 0 saturated carbocycles. The Morgan fingerprint density at radius 1 is 1.50 bits per heavy atom. The lowest BCUT2D eigenvalue weighted by Crippen LogP contribution is -2.08. The summed E-state index contributed by atoms with van der Waals surface area (Å²) in [5.41, 5.74) is 2.93. The molecule has 2 atom stereocenters. The van der Waals surface area contributed by atoms with Gasteiger partial charge in [0.25, 0.3) is 0 Å². The summed E-state index contributed by atoms with van der Waals surface area (Å²) in [6.45, 7) is 3.66. The maximum atomic E-state index is 11.8. The molecule has 5 heteroatoms. The van der Waals surface area contributed by atoms with E-state index < -0.39 is 6.10 Å². The summed E-state index contributed by atoms with van der Waals surface area (Å²) in [6, 6.07) is 5.18. The van der Waals surface area contributed by atoms with Crippen molar-refractivity contribution in [2.24, 2.45) is 0 Å². The van der Waals surface area contributed by atoms with Crippen LogP contribution in [0.4, 0.5) is 5.69 Å². The number of fused-ring (bicyclic) bond motifs is 1. The van der Waals surface area contributed by atoms with Crippen molar-refractivity contribution < 1.29 is 14.3 Å². The fraction of sp³-hybridized carbons (Fsp3) is 0.267. The minimum atomic E-state index is -0.940. The molecule has 2 N–H and O–H groups in total. The Bertz CT molecular complexity index is 679. The highest BCUT2D eigenvalue weighted by Gasteiger charge is 2.31. The Morgan fingerprint density at radius 2 is 2.25 bits per heavy atom. The van der Waals surface area contributed by atoms with Crippen molar-refractivity contribution in [1.29, 1.82) is 0 Å². The predicted octanol–water partition coefficient (Wildman–Crippen LogP) is 3.38. The van der Waals surface area contributed by atoms with E-state index in [4.69, 9.17) is 16.0 Å². The zero-order chi connectivity index (χ0) is 14.4. The molecular formula is C15H14ClNO3. The van der Waals surface area contributed by atoms with Crippen LogP contribution in [0.2, 0.25) is 5.02 Å². The number of furan rings is 1. The number of nitrogens with one attached hydrogen (secondary N) is 1. The number of amides is 1. The number of carbonyl (C=O) groups is 1. The number of halogens is 1. The highest BCUT2D eigenvalue weighted by Crippen LogP contribution is 2.42. The summed E-state index contributed by atoms with van der Waals surface area (Å²) in [5, 5.41) is 13.7. The molecule has 20 heavy (non-hydrogen) atoms. The molecule has 0 saturated heterocycles. The van der Waals surface area contributed by atoms with Gasteiger partial charge in [0.15, 0.2) is 0 Å². The standard InChI is InChI=1S/C15H14ClNO3/c1-7-9-6-10(14(18)11-4-3-5-20-11)12(16)8(2)13(9)17-15(7)19/h3-7,14,18H,1-2H3,(H,17,19). The third-order valence-electron chi connectivity index (χ3n) is 3.77. The van der Waals surface area contributed by atoms with Crippen molar-refractivity contribution in [2.45, 2.75) is 25.9 Å². The second-order valence-electron chi connectivity index (χ2n) is 5.00. The Labute approximate surface area is 121 Å². The number of aliphatic hydroxyl groups excluding tert-OH is 1. The number of hydrogen-bond donors (Lipinski definition) is 2. The molecule has 2 unspecified atom stereocenters. The largest absolute Gasteiger partial charge is 0.466 e. The molecule has 104 valence electrons. The number of benzene rings is 1. The lowest BCUT2D eigenvalue weighted by atomic mass is 9.94. The second-order valence-corrected chi connectivity index (χ2v) is 5.38. The molecule has 1 aliphatic heterocycles. The van der Waals surface area contributed by atoms with E-state index in [1.165, 1.54) is 6.26 Å². The number of hydrogen-bond acceptors (Lipinski definition) is 3. The molecule has 1 aliphatic rings. The first-order chi connectivity index (χ1) is 9.50. The minimum absolute atomic E-state index is 0.0520. The number of aliphatic hydroxyl groups is 1. The van der Waals surface area contributed by atoms with Crippen LogP contribution in [0.5, 0.6) is 0 Å². The van der Waals surface area contributed by atoms with E-state index in [1.807, 2.05) is 13.8 Å². The zero-order valence-electron chi connectivity index (χ0n) is 11.1. The van der Waals surface area contributed by atoms with E-state index in [-0.39, 0.29) is 11.8 Å². The van der Waals surface area contributed by atoms with Crippen LogP contribution in [-0.2, 0) is 4.79 Å². The van der Waals surface area contributed by atoms with Gasteiger partial charge in [0.2, 0.25) is 5.91 Å². The summed E-state index contributed by atoms with van der Waals surface area (Å²) >= 11 is 6.33. The first kappa shape index (κ1) is 13.2. The van der Waals surface area contributed by atoms with Gasteiger partial charge in [-0.1, -0.05) is 11.6 Å². The molecule has 0 radical (unpaired) electrons. The lowest BCUT2D eigenvalue weighted by molar-refractivity contribution is -0.116. The van der Waals surface area contributed by atoms with Crippen LogP contribution < -0.4 is 5.32 Å². The van der Waals surface area contributed by atoms with Gasteiger partial charge in [-0.3, -0.25) is 4.79 Å². The van der Waals surface area contributed by atoms with E-state index in [1.54, 1.807) is 18.2 Å². The maximum Gasteiger partial charge on any atom is 0.231 e. The van der Waals surface area contributed by atoms with Gasteiger partial charge in [-0.2, -0.15) is 0 Å². The van der Waals surface area contributed by atoms with Crippen LogP contribution in [0.3, 0.4) is 0 Å². The monoisotopic (exact) mass is 291 g/mol. The quantitative estimate of drug-likeness (QED) is 0.891. The molecule has 2 aromatic rings. The van der Waals surface area contributed by atoms with Crippen molar-refractivity contribution in [3.8, 4) is 0 Å². The van der Waals surface area contributed by atoms with Crippen LogP contribution in [-0.4, -0.2) is 11.0 Å². The molecule has 1 aromatic heterocycles. The van der Waals surface area contributed by atoms with Gasteiger partial charge in [0.05, 0.1) is 17.2 Å². The van der Waals surface area contributed by atoms with Crippen LogP contribution >= 0.6 is 11.6 Å². The highest BCUT2D eigenvalue weighted by molar-refractivity contribution is 6.33. The van der Waals surface area contributed by atoms with Gasteiger partial charge in [0, 0.05) is 11.3 Å². The molecule has 1 aromatic carbocycles. The van der Waals surface area contributed by atoms with Crippen LogP contribution in [0, 0.1) is 6.92 Å². The van der Waals surface area contributed by atoms with Gasteiger partial charge in [-0.05, 0) is 43.2 Å². The third-order valence-corrected chi connectivity index (χ3v) is 4.27. The first-order valence-corrected chi connectivity index (χ1v) is 6.73. The topological polar surface area (TPSA) is 62.5 Å². The molecule has 0 fully saturated rings. The van der Waals surface area contributed by atoms with Crippen molar-refractivity contribution in [3.05, 3.63) is 51.9 Å². The molecule has 0 aliphatic carbocycles. The van der Waals surface area contributed by atoms with Crippen LogP contribution in [0.15, 0.2) is 28.9 Å². The van der Waals surface area contributed by atoms with Gasteiger partial charge in [0.1, 0.15) is 11.9 Å². The Balaban J connectivity index is 2.14. The van der Waals surface area contributed by atoms with E-state index in [0.717, 1.165) is 16.8 Å². The van der Waals surface area contributed by atoms with Gasteiger partial charge in [-0.15, -0.1) is 0 Å². The summed E-state index contributed by atoms with van der Waals surface area (Å²) < 4.78 is 5.22. The maximum absolute atomic E-state index is 11.8. The third kappa shape index (κ3) is 1.84. The molecule has 0 bridgehead atoms. The van der Waals surface area contributed by atoms with Crippen molar-refractivity contribution in [3.63, 3.8) is 0 Å². The van der Waals surface area contributed by atoms with Crippen molar-refractivity contribution in [2.75, 3.05) is 5.32 Å². The second kappa shape index (κ2) is 4.65. The molecule has 2 heterocycles. The predicted molar refractivity (Wildman–Crippen MR) is 76.0 cm³/mol. The Kier molecular flexibility index (Phi) is 3.07. The molecule has 4 nitrogen and oxygen atoms in total. The van der Waals surface area contributed by atoms with Gasteiger partial charge < -0.3 is 14.8 Å². The number of rotatable bonds is 2. The van der Waals surface area contributed by atoms with Crippen molar-refractivity contribution in [1.82, 2.24) is 0 Å². The average Bonchev–Trinajstić information content (AvgIpc) is 3.04. The lowest BCUT2D eigenvalue weighted by Gasteiger charge is -2.16. The number of anilines is 1. The fourth-order valence-electron chi connectivity index (χ4n) is 2.53. The van der Waals surface area contributed by atoms with Crippen LogP contribution in [0.25, 0.3) is 0 Å². The van der Waals surface area contributed by atoms with E-state index >= 15 is 0 Å². The summed E-state index contributed by atoms with van der Waals surface area (Å²) in [6.07, 6.45) is 0.560. The fourth-order valence-corrected chi connectivity index (χ4v) is 2.78. The highest BCUT2D eigenvalue weighted by atomic mass is 35.5. The molecular weight excluding hydrogens is 278 g/mol. The normalized spacial score (nSPS) is 18.8. The van der Waals surface area contributed by atoms with Gasteiger partial charge >= 0.3 is 0 Å². The summed E-state index contributed by atoms with van der Waals surface area (Å²) in [7, 11) is 0. The number of carbonyl (C=O) groups excluding carboxylic acids is 1. The molecule has 3 rings (SSSR count). The summed E-state index contributed by atoms with van der Waals surface area (Å²) in [5.74, 6) is 0.128. The Morgan fingerprint density at radius 3 is 2.90 bits per heavy atom. The zero-order valence-corrected chi connectivity index (χ0v) is 11.9. The molecule has 0 spiro atoms.